The van der Waals surface area contributed by atoms with Crippen molar-refractivity contribution in [2.24, 2.45) is 0 Å². The van der Waals surface area contributed by atoms with Crippen molar-refractivity contribution in [3.63, 3.8) is 0 Å². The second-order valence-corrected chi connectivity index (χ2v) is 6.17. The number of amides is 1. The molecule has 0 spiro atoms. The molecule has 0 atom stereocenters. The number of aromatic nitrogens is 3. The molecule has 2 aromatic heterocycles. The first kappa shape index (κ1) is 13.0. The van der Waals surface area contributed by atoms with Gasteiger partial charge in [-0.25, -0.2) is 4.98 Å². The van der Waals surface area contributed by atoms with E-state index in [-0.39, 0.29) is 12.5 Å². The molecule has 0 radical (unpaired) electrons. The van der Waals surface area contributed by atoms with Crippen LogP contribution in [0, 0.1) is 13.8 Å². The van der Waals surface area contributed by atoms with E-state index in [0.717, 1.165) is 15.2 Å². The number of carbonyl (C=O) groups excluding carboxylic acids is 1. The van der Waals surface area contributed by atoms with Crippen LogP contribution in [0.15, 0.2) is 9.98 Å². The number of thiazole rings is 1. The number of nitrogen functional groups attached to an aromatic ring is 1. The minimum absolute atomic E-state index is 0.126. The lowest BCUT2D eigenvalue weighted by atomic mass is 10.3. The molecule has 0 saturated heterocycles. The summed E-state index contributed by atoms with van der Waals surface area (Å²) in [5.74, 6) is -0.178. The fourth-order valence-corrected chi connectivity index (χ4v) is 2.59. The van der Waals surface area contributed by atoms with Crippen molar-refractivity contribution in [3.05, 3.63) is 21.4 Å². The SMILES string of the molecule is Cc1nn(CC(=O)Nc2ncc(Br)s2)c(C)c1N. The Morgan fingerprint density at radius 2 is 2.33 bits per heavy atom. The average Bonchev–Trinajstić information content (AvgIpc) is 2.80. The van der Waals surface area contributed by atoms with E-state index in [1.807, 2.05) is 13.8 Å². The molecule has 0 bridgehead atoms. The average molecular weight is 330 g/mol. The topological polar surface area (TPSA) is 85.8 Å². The first-order chi connectivity index (χ1) is 8.47. The summed E-state index contributed by atoms with van der Waals surface area (Å²) < 4.78 is 2.45. The Labute approximate surface area is 116 Å². The molecule has 1 amide bonds. The molecular weight excluding hydrogens is 318 g/mol. The Balaban J connectivity index is 2.05. The van der Waals surface area contributed by atoms with Crippen LogP contribution in [-0.4, -0.2) is 20.7 Å². The normalized spacial score (nSPS) is 10.6. The number of nitrogens with zero attached hydrogens (tertiary/aromatic N) is 3. The van der Waals surface area contributed by atoms with E-state index in [1.54, 1.807) is 10.9 Å². The van der Waals surface area contributed by atoms with Gasteiger partial charge in [0.25, 0.3) is 0 Å². The third kappa shape index (κ3) is 2.70. The quantitative estimate of drug-likeness (QED) is 0.900. The molecule has 0 saturated carbocycles. The fourth-order valence-electron chi connectivity index (χ4n) is 1.47. The smallest absolute Gasteiger partial charge is 0.247 e. The van der Waals surface area contributed by atoms with Crippen molar-refractivity contribution in [1.82, 2.24) is 14.8 Å². The van der Waals surface area contributed by atoms with Gasteiger partial charge >= 0.3 is 0 Å². The predicted octanol–water partition coefficient (Wildman–Crippen LogP) is 1.94. The van der Waals surface area contributed by atoms with Crippen molar-refractivity contribution in [2.45, 2.75) is 20.4 Å². The summed E-state index contributed by atoms with van der Waals surface area (Å²) in [6.45, 7) is 3.78. The van der Waals surface area contributed by atoms with Gasteiger partial charge in [0, 0.05) is 0 Å². The van der Waals surface area contributed by atoms with Crippen LogP contribution in [0.25, 0.3) is 0 Å². The molecule has 2 aromatic rings. The Morgan fingerprint density at radius 1 is 1.61 bits per heavy atom. The molecular formula is C10H12BrN5OS. The monoisotopic (exact) mass is 329 g/mol. The summed E-state index contributed by atoms with van der Waals surface area (Å²) in [6.07, 6.45) is 1.64. The van der Waals surface area contributed by atoms with E-state index in [4.69, 9.17) is 5.73 Å². The van der Waals surface area contributed by atoms with Crippen molar-refractivity contribution in [1.29, 1.82) is 0 Å². The molecule has 3 N–H and O–H groups in total. The van der Waals surface area contributed by atoms with Gasteiger partial charge in [-0.15, -0.1) is 0 Å². The van der Waals surface area contributed by atoms with Crippen LogP contribution < -0.4 is 11.1 Å². The number of nitrogens with two attached hydrogens (primary N) is 1. The number of anilines is 2. The highest BCUT2D eigenvalue weighted by Crippen LogP contribution is 2.23. The minimum atomic E-state index is -0.178. The first-order valence-corrected chi connectivity index (χ1v) is 6.79. The number of hydrogen-bond acceptors (Lipinski definition) is 5. The van der Waals surface area contributed by atoms with E-state index in [9.17, 15) is 4.79 Å². The number of hydrogen-bond donors (Lipinski definition) is 2. The van der Waals surface area contributed by atoms with Gasteiger partial charge in [-0.1, -0.05) is 11.3 Å². The number of aryl methyl sites for hydroxylation is 1. The fraction of sp³-hybridized carbons (Fsp3) is 0.300. The van der Waals surface area contributed by atoms with Gasteiger partial charge in [-0.3, -0.25) is 9.48 Å². The van der Waals surface area contributed by atoms with Crippen LogP contribution in [0.2, 0.25) is 0 Å². The maximum Gasteiger partial charge on any atom is 0.247 e. The van der Waals surface area contributed by atoms with Crippen molar-refractivity contribution < 1.29 is 4.79 Å². The second-order valence-electron chi connectivity index (χ2n) is 3.76. The van der Waals surface area contributed by atoms with E-state index in [1.165, 1.54) is 11.3 Å². The lowest BCUT2D eigenvalue weighted by Gasteiger charge is -2.04. The zero-order valence-corrected chi connectivity index (χ0v) is 12.3. The number of rotatable bonds is 3. The van der Waals surface area contributed by atoms with E-state index < -0.39 is 0 Å². The van der Waals surface area contributed by atoms with E-state index in [0.29, 0.717) is 10.8 Å². The standard InChI is InChI=1S/C10H12BrN5OS/c1-5-9(12)6(2)16(15-5)4-8(17)14-10-13-3-7(11)18-10/h3H,4,12H2,1-2H3,(H,13,14,17). The molecule has 0 aromatic carbocycles. The predicted molar refractivity (Wildman–Crippen MR) is 74.6 cm³/mol. The summed E-state index contributed by atoms with van der Waals surface area (Å²) in [7, 11) is 0. The largest absolute Gasteiger partial charge is 0.396 e. The maximum atomic E-state index is 11.8. The van der Waals surface area contributed by atoms with Gasteiger partial charge in [0.15, 0.2) is 5.13 Å². The Kier molecular flexibility index (Phi) is 3.67. The summed E-state index contributed by atoms with van der Waals surface area (Å²) in [5, 5.41) is 7.46. The molecule has 0 unspecified atom stereocenters. The number of carbonyl (C=O) groups is 1. The molecule has 18 heavy (non-hydrogen) atoms. The lowest BCUT2D eigenvalue weighted by Crippen LogP contribution is -2.20. The minimum Gasteiger partial charge on any atom is -0.396 e. The van der Waals surface area contributed by atoms with E-state index >= 15 is 0 Å². The summed E-state index contributed by atoms with van der Waals surface area (Å²) >= 11 is 4.64. The molecule has 0 aliphatic rings. The highest BCUT2D eigenvalue weighted by Gasteiger charge is 2.12. The number of nitrogens with one attached hydrogen (secondary N) is 1. The lowest BCUT2D eigenvalue weighted by molar-refractivity contribution is -0.116. The van der Waals surface area contributed by atoms with Crippen LogP contribution in [-0.2, 0) is 11.3 Å². The summed E-state index contributed by atoms with van der Waals surface area (Å²) in [6, 6.07) is 0. The van der Waals surface area contributed by atoms with Crippen LogP contribution in [0.5, 0.6) is 0 Å². The zero-order valence-electron chi connectivity index (χ0n) is 9.90. The Hall–Kier alpha value is -1.41. The van der Waals surface area contributed by atoms with Crippen LogP contribution in [0.3, 0.4) is 0 Å². The van der Waals surface area contributed by atoms with Crippen molar-refractivity contribution in [3.8, 4) is 0 Å². The summed E-state index contributed by atoms with van der Waals surface area (Å²) in [5.41, 5.74) is 7.96. The van der Waals surface area contributed by atoms with Crippen molar-refractivity contribution >= 4 is 44.0 Å². The molecule has 0 aliphatic heterocycles. The zero-order chi connectivity index (χ0) is 13.3. The molecule has 96 valence electrons. The summed E-state index contributed by atoms with van der Waals surface area (Å²) in [4.78, 5) is 15.8. The highest BCUT2D eigenvalue weighted by atomic mass is 79.9. The van der Waals surface area contributed by atoms with Gasteiger partial charge in [0.1, 0.15) is 6.54 Å². The van der Waals surface area contributed by atoms with Gasteiger partial charge in [0.05, 0.1) is 27.1 Å². The van der Waals surface area contributed by atoms with Crippen LogP contribution >= 0.6 is 27.3 Å². The van der Waals surface area contributed by atoms with Crippen LogP contribution in [0.1, 0.15) is 11.4 Å². The van der Waals surface area contributed by atoms with Gasteiger partial charge in [-0.05, 0) is 29.8 Å². The molecule has 2 heterocycles. The molecule has 0 fully saturated rings. The first-order valence-electron chi connectivity index (χ1n) is 5.18. The second kappa shape index (κ2) is 5.07. The highest BCUT2D eigenvalue weighted by molar-refractivity contribution is 9.11. The Morgan fingerprint density at radius 3 is 2.83 bits per heavy atom. The number of halogens is 1. The maximum absolute atomic E-state index is 11.8. The van der Waals surface area contributed by atoms with E-state index in [2.05, 4.69) is 31.3 Å². The van der Waals surface area contributed by atoms with Gasteiger partial charge < -0.3 is 11.1 Å². The molecule has 2 rings (SSSR count). The third-order valence-corrected chi connectivity index (χ3v) is 3.85. The van der Waals surface area contributed by atoms with Gasteiger partial charge in [-0.2, -0.15) is 5.10 Å². The third-order valence-electron chi connectivity index (χ3n) is 2.45. The van der Waals surface area contributed by atoms with Crippen LogP contribution in [0.4, 0.5) is 10.8 Å². The molecule has 6 nitrogen and oxygen atoms in total. The Bertz CT molecular complexity index is 591. The molecule has 0 aliphatic carbocycles. The van der Waals surface area contributed by atoms with Gasteiger partial charge in [0.2, 0.25) is 5.91 Å². The van der Waals surface area contributed by atoms with Crippen molar-refractivity contribution in [2.75, 3.05) is 11.1 Å². The molecule has 8 heteroatoms.